The fourth-order valence-electron chi connectivity index (χ4n) is 2.41. The van der Waals surface area contributed by atoms with E-state index in [9.17, 15) is 0 Å². The second-order valence-electron chi connectivity index (χ2n) is 4.43. The van der Waals surface area contributed by atoms with E-state index in [-0.39, 0.29) is 0 Å². The third-order valence-corrected chi connectivity index (χ3v) is 4.91. The average molecular weight is 304 g/mol. The van der Waals surface area contributed by atoms with Crippen LogP contribution >= 0.6 is 27.3 Å². The summed E-state index contributed by atoms with van der Waals surface area (Å²) in [6, 6.07) is 2.54. The topological polar surface area (TPSA) is 21.3 Å². The van der Waals surface area contributed by atoms with E-state index < -0.39 is 0 Å². The van der Waals surface area contributed by atoms with Crippen molar-refractivity contribution in [2.45, 2.75) is 32.4 Å². The van der Waals surface area contributed by atoms with Gasteiger partial charge < -0.3 is 10.1 Å². The minimum Gasteiger partial charge on any atom is -0.376 e. The van der Waals surface area contributed by atoms with Crippen LogP contribution in [0.5, 0.6) is 0 Å². The van der Waals surface area contributed by atoms with Crippen molar-refractivity contribution in [2.24, 2.45) is 5.92 Å². The lowest BCUT2D eigenvalue weighted by molar-refractivity contribution is 0.0631. The summed E-state index contributed by atoms with van der Waals surface area (Å²) in [5, 5.41) is 3.41. The largest absolute Gasteiger partial charge is 0.376 e. The molecular weight excluding hydrogens is 286 g/mol. The van der Waals surface area contributed by atoms with Crippen molar-refractivity contribution in [2.75, 3.05) is 13.7 Å². The summed E-state index contributed by atoms with van der Waals surface area (Å²) in [5.74, 6) is 0.635. The number of hydrogen-bond acceptors (Lipinski definition) is 3. The molecule has 0 spiro atoms. The van der Waals surface area contributed by atoms with E-state index in [0.717, 1.165) is 6.61 Å². The normalized spacial score (nSPS) is 27.2. The highest BCUT2D eigenvalue weighted by Crippen LogP contribution is 2.36. The Hall–Kier alpha value is 0.1000. The van der Waals surface area contributed by atoms with Crippen LogP contribution in [-0.4, -0.2) is 19.8 Å². The lowest BCUT2D eigenvalue weighted by Crippen LogP contribution is -2.32. The molecule has 0 aliphatic carbocycles. The lowest BCUT2D eigenvalue weighted by atomic mass is 9.93. The summed E-state index contributed by atoms with van der Waals surface area (Å²) < 4.78 is 7.06. The van der Waals surface area contributed by atoms with Crippen molar-refractivity contribution in [1.82, 2.24) is 5.32 Å². The molecule has 90 valence electrons. The Morgan fingerprint density at radius 2 is 2.38 bits per heavy atom. The van der Waals surface area contributed by atoms with Crippen LogP contribution in [0.4, 0.5) is 0 Å². The molecule has 1 aromatic rings. The van der Waals surface area contributed by atoms with Gasteiger partial charge in [-0.2, -0.15) is 0 Å². The summed E-state index contributed by atoms with van der Waals surface area (Å²) in [7, 11) is 2.02. The molecule has 0 amide bonds. The van der Waals surface area contributed by atoms with Gasteiger partial charge in [-0.25, -0.2) is 0 Å². The maximum atomic E-state index is 5.86. The molecule has 1 aliphatic rings. The molecule has 1 fully saturated rings. The zero-order chi connectivity index (χ0) is 11.7. The first kappa shape index (κ1) is 12.6. The Balaban J connectivity index is 2.25. The monoisotopic (exact) mass is 303 g/mol. The van der Waals surface area contributed by atoms with E-state index in [1.807, 2.05) is 7.05 Å². The Morgan fingerprint density at radius 1 is 1.62 bits per heavy atom. The molecule has 3 atom stereocenters. The van der Waals surface area contributed by atoms with Gasteiger partial charge >= 0.3 is 0 Å². The summed E-state index contributed by atoms with van der Waals surface area (Å²) in [5.41, 5.74) is 1.37. The fraction of sp³-hybridized carbons (Fsp3) is 0.667. The maximum absolute atomic E-state index is 5.86. The molecule has 0 bridgehead atoms. The van der Waals surface area contributed by atoms with Crippen molar-refractivity contribution in [1.29, 1.82) is 0 Å². The first-order chi connectivity index (χ1) is 7.63. The first-order valence-corrected chi connectivity index (χ1v) is 7.29. The maximum Gasteiger partial charge on any atom is 0.0796 e. The van der Waals surface area contributed by atoms with Crippen LogP contribution in [0.1, 0.15) is 29.8 Å². The van der Waals surface area contributed by atoms with E-state index in [2.05, 4.69) is 41.2 Å². The molecule has 4 heteroatoms. The summed E-state index contributed by atoms with van der Waals surface area (Å²) >= 11 is 5.35. The number of thiophene rings is 1. The summed E-state index contributed by atoms with van der Waals surface area (Å²) in [6.07, 6.45) is 1.48. The van der Waals surface area contributed by atoms with Gasteiger partial charge in [0.1, 0.15) is 0 Å². The Bertz CT molecular complexity index is 366. The van der Waals surface area contributed by atoms with Crippen LogP contribution in [0.15, 0.2) is 9.85 Å². The van der Waals surface area contributed by atoms with Gasteiger partial charge in [0, 0.05) is 11.5 Å². The average Bonchev–Trinajstić information content (AvgIpc) is 2.77. The lowest BCUT2D eigenvalue weighted by Gasteiger charge is -2.26. The third-order valence-electron chi connectivity index (χ3n) is 3.35. The Labute approximate surface area is 110 Å². The number of rotatable bonds is 3. The highest BCUT2D eigenvalue weighted by atomic mass is 79.9. The molecule has 1 N–H and O–H groups in total. The van der Waals surface area contributed by atoms with E-state index in [1.54, 1.807) is 11.3 Å². The van der Waals surface area contributed by atoms with Gasteiger partial charge in [-0.1, -0.05) is 6.92 Å². The van der Waals surface area contributed by atoms with Crippen molar-refractivity contribution in [3.63, 3.8) is 0 Å². The molecule has 0 radical (unpaired) electrons. The minimum atomic E-state index is 0.310. The van der Waals surface area contributed by atoms with Gasteiger partial charge in [-0.05, 0) is 53.9 Å². The van der Waals surface area contributed by atoms with Crippen LogP contribution in [0.25, 0.3) is 0 Å². The summed E-state index contributed by atoms with van der Waals surface area (Å²) in [4.78, 5) is 1.37. The number of halogens is 1. The van der Waals surface area contributed by atoms with E-state index >= 15 is 0 Å². The highest BCUT2D eigenvalue weighted by molar-refractivity contribution is 9.11. The van der Waals surface area contributed by atoms with Gasteiger partial charge in [-0.3, -0.25) is 0 Å². The first-order valence-electron chi connectivity index (χ1n) is 5.68. The number of likely N-dealkylation sites (N-methyl/N-ethyl adjacent to an activating group) is 1. The predicted molar refractivity (Wildman–Crippen MR) is 72.1 cm³/mol. The molecule has 3 unspecified atom stereocenters. The van der Waals surface area contributed by atoms with Gasteiger partial charge in [0.05, 0.1) is 15.9 Å². The number of nitrogens with one attached hydrogen (secondary N) is 1. The van der Waals surface area contributed by atoms with Crippen molar-refractivity contribution >= 4 is 27.3 Å². The molecule has 1 aliphatic heterocycles. The second-order valence-corrected chi connectivity index (χ2v) is 7.07. The van der Waals surface area contributed by atoms with E-state index in [1.165, 1.54) is 20.6 Å². The molecule has 0 saturated carbocycles. The molecule has 2 rings (SSSR count). The molecule has 2 nitrogen and oxygen atoms in total. The molecule has 16 heavy (non-hydrogen) atoms. The minimum absolute atomic E-state index is 0.310. The predicted octanol–water partition coefficient (Wildman–Crippen LogP) is 3.50. The summed E-state index contributed by atoms with van der Waals surface area (Å²) in [6.45, 7) is 5.35. The highest BCUT2D eigenvalue weighted by Gasteiger charge is 2.33. The van der Waals surface area contributed by atoms with Gasteiger partial charge in [0.2, 0.25) is 0 Å². The van der Waals surface area contributed by atoms with Crippen LogP contribution in [0.2, 0.25) is 0 Å². The zero-order valence-corrected chi connectivity index (χ0v) is 12.3. The van der Waals surface area contributed by atoms with Crippen molar-refractivity contribution in [3.05, 3.63) is 20.3 Å². The number of ether oxygens (including phenoxy) is 1. The third kappa shape index (κ3) is 2.35. The van der Waals surface area contributed by atoms with Crippen LogP contribution in [-0.2, 0) is 4.74 Å². The fourth-order valence-corrected chi connectivity index (χ4v) is 4.16. The van der Waals surface area contributed by atoms with E-state index in [4.69, 9.17) is 4.74 Å². The van der Waals surface area contributed by atoms with Crippen molar-refractivity contribution < 1.29 is 4.74 Å². The Morgan fingerprint density at radius 3 is 2.81 bits per heavy atom. The Kier molecular flexibility index (Phi) is 4.06. The zero-order valence-electron chi connectivity index (χ0n) is 9.92. The second kappa shape index (κ2) is 5.17. The molecule has 0 aromatic carbocycles. The smallest absolute Gasteiger partial charge is 0.0796 e. The van der Waals surface area contributed by atoms with Crippen LogP contribution < -0.4 is 5.32 Å². The van der Waals surface area contributed by atoms with Crippen LogP contribution in [0, 0.1) is 12.8 Å². The van der Waals surface area contributed by atoms with Gasteiger partial charge in [0.15, 0.2) is 0 Å². The SMILES string of the molecule is CNC(c1cc(Br)sc1C)C1OCCC1C. The van der Waals surface area contributed by atoms with Gasteiger partial charge in [0.25, 0.3) is 0 Å². The quantitative estimate of drug-likeness (QED) is 0.923. The standard InChI is InChI=1S/C12H18BrNOS/c1-7-4-5-15-12(7)11(14-3)9-6-10(13)16-8(9)2/h6-7,11-12,14H,4-5H2,1-3H3. The number of aryl methyl sites for hydroxylation is 1. The molecule has 1 aromatic heterocycles. The molecule has 2 heterocycles. The van der Waals surface area contributed by atoms with Gasteiger partial charge in [-0.15, -0.1) is 11.3 Å². The van der Waals surface area contributed by atoms with E-state index in [0.29, 0.717) is 18.1 Å². The van der Waals surface area contributed by atoms with Crippen LogP contribution in [0.3, 0.4) is 0 Å². The molecular formula is C12H18BrNOS. The van der Waals surface area contributed by atoms with Crippen molar-refractivity contribution in [3.8, 4) is 0 Å². The molecule has 1 saturated heterocycles. The number of hydrogen-bond donors (Lipinski definition) is 1.